The van der Waals surface area contributed by atoms with Crippen molar-refractivity contribution in [1.82, 2.24) is 14.9 Å². The fourth-order valence-corrected chi connectivity index (χ4v) is 4.35. The molecule has 1 fully saturated rings. The molecule has 0 aliphatic carbocycles. The molecule has 1 amide bonds. The molecule has 0 bridgehead atoms. The maximum Gasteiger partial charge on any atom is 0.224 e. The number of amidine groups is 1. The Morgan fingerprint density at radius 3 is 2.68 bits per heavy atom. The molecular weight excluding hydrogens is 448 g/mol. The lowest BCUT2D eigenvalue weighted by molar-refractivity contribution is -0.115. The predicted molar refractivity (Wildman–Crippen MR) is 140 cm³/mol. The van der Waals surface area contributed by atoms with Gasteiger partial charge in [0.1, 0.15) is 11.7 Å². The van der Waals surface area contributed by atoms with E-state index in [1.807, 2.05) is 37.3 Å². The first kappa shape index (κ1) is 25.5. The summed E-state index contributed by atoms with van der Waals surface area (Å²) in [7, 11) is 2.15. The molecule has 3 rings (SSSR count). The number of aliphatic imine (C=N–C) groups is 1. The first-order chi connectivity index (χ1) is 16.3. The monoisotopic (exact) mass is 482 g/mol. The van der Waals surface area contributed by atoms with Crippen LogP contribution in [0.2, 0.25) is 0 Å². The van der Waals surface area contributed by atoms with E-state index in [-0.39, 0.29) is 5.91 Å². The zero-order valence-corrected chi connectivity index (χ0v) is 21.1. The van der Waals surface area contributed by atoms with Crippen molar-refractivity contribution in [1.29, 1.82) is 0 Å². The van der Waals surface area contributed by atoms with Gasteiger partial charge in [-0.15, -0.1) is 0 Å². The molecule has 1 saturated heterocycles. The van der Waals surface area contributed by atoms with Crippen molar-refractivity contribution < 1.29 is 4.79 Å². The predicted octanol–water partition coefficient (Wildman–Crippen LogP) is 3.36. The second-order valence-electron chi connectivity index (χ2n) is 8.28. The minimum atomic E-state index is -0.0177. The summed E-state index contributed by atoms with van der Waals surface area (Å²) in [5.74, 6) is 1.59. The largest absolute Gasteiger partial charge is 0.402 e. The fraction of sp³-hybridized carbons (Fsp3) is 0.417. The summed E-state index contributed by atoms with van der Waals surface area (Å²) in [6.45, 7) is 8.58. The zero-order chi connectivity index (χ0) is 24.7. The summed E-state index contributed by atoms with van der Waals surface area (Å²) in [5, 5.41) is 3.43. The Balaban J connectivity index is 1.87. The van der Waals surface area contributed by atoms with E-state index in [9.17, 15) is 4.79 Å². The normalized spacial score (nSPS) is 16.9. The van der Waals surface area contributed by atoms with Gasteiger partial charge in [-0.2, -0.15) is 0 Å². The summed E-state index contributed by atoms with van der Waals surface area (Å²) in [4.78, 5) is 31.1. The van der Waals surface area contributed by atoms with Crippen LogP contribution in [0.4, 0.5) is 17.3 Å². The molecule has 2 heterocycles. The Hall–Kier alpha value is -3.11. The molecule has 34 heavy (non-hydrogen) atoms. The average molecular weight is 483 g/mol. The SMILES string of the molecule is CCC(=O)Nc1ccc(Sc2nc(/N=C(N)/C=C(/C)N)cc(N3CC[C@H](N(C)CC)C3)n2)cc1. The van der Waals surface area contributed by atoms with Crippen molar-refractivity contribution in [3.63, 3.8) is 0 Å². The number of nitrogens with two attached hydrogens (primary N) is 2. The quantitative estimate of drug-likeness (QED) is 0.282. The molecule has 1 aromatic carbocycles. The van der Waals surface area contributed by atoms with Crippen molar-refractivity contribution in [3.8, 4) is 0 Å². The first-order valence-electron chi connectivity index (χ1n) is 11.5. The molecule has 10 heteroatoms. The van der Waals surface area contributed by atoms with Crippen LogP contribution in [0.1, 0.15) is 33.6 Å². The van der Waals surface area contributed by atoms with E-state index in [4.69, 9.17) is 16.5 Å². The van der Waals surface area contributed by atoms with E-state index in [0.29, 0.717) is 35.0 Å². The highest BCUT2D eigenvalue weighted by Gasteiger charge is 2.26. The molecule has 0 saturated carbocycles. The summed E-state index contributed by atoms with van der Waals surface area (Å²) in [5.41, 5.74) is 13.1. The van der Waals surface area contributed by atoms with Gasteiger partial charge in [-0.3, -0.25) is 4.79 Å². The Bertz CT molecular complexity index is 1050. The minimum absolute atomic E-state index is 0.0177. The number of hydrogen-bond acceptors (Lipinski definition) is 8. The number of carbonyl (C=O) groups excluding carboxylic acids is 1. The van der Waals surface area contributed by atoms with Crippen LogP contribution in [0, 0.1) is 0 Å². The molecule has 0 spiro atoms. The third-order valence-electron chi connectivity index (χ3n) is 5.58. The molecule has 2 aromatic rings. The lowest BCUT2D eigenvalue weighted by Crippen LogP contribution is -2.34. The zero-order valence-electron chi connectivity index (χ0n) is 20.3. The van der Waals surface area contributed by atoms with Gasteiger partial charge >= 0.3 is 0 Å². The molecule has 1 aliphatic heterocycles. The number of carbonyl (C=O) groups is 1. The smallest absolute Gasteiger partial charge is 0.224 e. The number of nitrogens with one attached hydrogen (secondary N) is 1. The Morgan fingerprint density at radius 2 is 2.03 bits per heavy atom. The van der Waals surface area contributed by atoms with E-state index in [1.54, 1.807) is 13.0 Å². The van der Waals surface area contributed by atoms with Crippen molar-refractivity contribution in [2.75, 3.05) is 36.9 Å². The molecule has 9 nitrogen and oxygen atoms in total. The summed E-state index contributed by atoms with van der Waals surface area (Å²) in [6, 6.07) is 9.97. The minimum Gasteiger partial charge on any atom is -0.402 e. The van der Waals surface area contributed by atoms with Crippen molar-refractivity contribution >= 4 is 40.8 Å². The topological polar surface area (TPSA) is 126 Å². The van der Waals surface area contributed by atoms with Gasteiger partial charge in [0.2, 0.25) is 5.91 Å². The standard InChI is InChI=1S/C24H34N8OS/c1-5-23(33)27-17-7-9-19(10-8-17)34-24-29-21(28-20(26)13-16(3)25)14-22(30-24)32-12-11-18(15-32)31(4)6-2/h7-10,13-14,18H,5-6,11-12,15,25H2,1-4H3,(H,27,33)(H2,26,28,29,30)/b16-13-/t18-/m0/s1. The van der Waals surface area contributed by atoms with Gasteiger partial charge in [0.05, 0.1) is 0 Å². The molecule has 1 aromatic heterocycles. The summed E-state index contributed by atoms with van der Waals surface area (Å²) in [6.07, 6.45) is 3.13. The van der Waals surface area contributed by atoms with E-state index in [2.05, 4.69) is 39.1 Å². The van der Waals surface area contributed by atoms with Crippen LogP contribution < -0.4 is 21.7 Å². The van der Waals surface area contributed by atoms with Gasteiger partial charge in [-0.1, -0.05) is 13.8 Å². The Labute approximate surface area is 205 Å². The lowest BCUT2D eigenvalue weighted by atomic mass is 10.2. The number of aromatic nitrogens is 2. The van der Waals surface area contributed by atoms with Crippen LogP contribution in [0.5, 0.6) is 0 Å². The summed E-state index contributed by atoms with van der Waals surface area (Å²) < 4.78 is 0. The molecule has 1 atom stereocenters. The van der Waals surface area contributed by atoms with Crippen LogP contribution in [0.15, 0.2) is 57.1 Å². The van der Waals surface area contributed by atoms with Crippen LogP contribution >= 0.6 is 11.8 Å². The Kier molecular flexibility index (Phi) is 8.89. The maximum atomic E-state index is 11.6. The molecule has 0 unspecified atom stereocenters. The Morgan fingerprint density at radius 1 is 1.29 bits per heavy atom. The number of benzene rings is 1. The van der Waals surface area contributed by atoms with Crippen LogP contribution in [0.25, 0.3) is 0 Å². The number of hydrogen-bond donors (Lipinski definition) is 3. The van der Waals surface area contributed by atoms with Gasteiger partial charge < -0.3 is 26.6 Å². The van der Waals surface area contributed by atoms with Crippen LogP contribution in [-0.4, -0.2) is 59.3 Å². The van der Waals surface area contributed by atoms with Crippen molar-refractivity contribution in [2.24, 2.45) is 16.5 Å². The van der Waals surface area contributed by atoms with Crippen molar-refractivity contribution in [3.05, 3.63) is 42.1 Å². The number of allylic oxidation sites excluding steroid dienone is 1. The molecule has 182 valence electrons. The van der Waals surface area contributed by atoms with Gasteiger partial charge in [-0.05, 0) is 69.0 Å². The average Bonchev–Trinajstić information content (AvgIpc) is 3.29. The number of amides is 1. The lowest BCUT2D eigenvalue weighted by Gasteiger charge is -2.23. The molecule has 1 aliphatic rings. The second kappa shape index (κ2) is 11.8. The highest BCUT2D eigenvalue weighted by atomic mass is 32.2. The van der Waals surface area contributed by atoms with Crippen LogP contribution in [-0.2, 0) is 4.79 Å². The van der Waals surface area contributed by atoms with E-state index in [1.165, 1.54) is 11.8 Å². The molecule has 0 radical (unpaired) electrons. The number of rotatable bonds is 9. The highest BCUT2D eigenvalue weighted by Crippen LogP contribution is 2.31. The highest BCUT2D eigenvalue weighted by molar-refractivity contribution is 7.99. The van der Waals surface area contributed by atoms with Crippen molar-refractivity contribution in [2.45, 2.75) is 49.7 Å². The van der Waals surface area contributed by atoms with Crippen LogP contribution in [0.3, 0.4) is 0 Å². The van der Waals surface area contributed by atoms with E-state index in [0.717, 1.165) is 42.5 Å². The second-order valence-corrected chi connectivity index (χ2v) is 9.32. The first-order valence-corrected chi connectivity index (χ1v) is 12.3. The van der Waals surface area contributed by atoms with Gasteiger partial charge in [0.15, 0.2) is 11.0 Å². The third kappa shape index (κ3) is 7.19. The third-order valence-corrected chi connectivity index (χ3v) is 6.45. The van der Waals surface area contributed by atoms with Gasteiger partial charge in [0, 0.05) is 47.9 Å². The molecule has 5 N–H and O–H groups in total. The fourth-order valence-electron chi connectivity index (χ4n) is 3.59. The number of likely N-dealkylation sites (N-methyl/N-ethyl adjacent to an activating group) is 1. The summed E-state index contributed by atoms with van der Waals surface area (Å²) >= 11 is 1.44. The van der Waals surface area contributed by atoms with E-state index >= 15 is 0 Å². The van der Waals surface area contributed by atoms with Gasteiger partial charge in [0.25, 0.3) is 0 Å². The maximum absolute atomic E-state index is 11.6. The number of anilines is 2. The van der Waals surface area contributed by atoms with Gasteiger partial charge in [-0.25, -0.2) is 15.0 Å². The van der Waals surface area contributed by atoms with E-state index < -0.39 is 0 Å². The number of nitrogens with zero attached hydrogens (tertiary/aromatic N) is 5. The molecular formula is C24H34N8OS.